The van der Waals surface area contributed by atoms with Crippen molar-refractivity contribution in [2.45, 2.75) is 44.4 Å². The maximum absolute atomic E-state index is 13.5. The van der Waals surface area contributed by atoms with E-state index in [9.17, 15) is 22.8 Å². The Morgan fingerprint density at radius 3 is 2.45 bits per heavy atom. The first kappa shape index (κ1) is 26.2. The lowest BCUT2D eigenvalue weighted by Gasteiger charge is -2.29. The van der Waals surface area contributed by atoms with Crippen LogP contribution in [0.5, 0.6) is 0 Å². The summed E-state index contributed by atoms with van der Waals surface area (Å²) in [4.78, 5) is 33.5. The van der Waals surface area contributed by atoms with Gasteiger partial charge in [-0.15, -0.1) is 0 Å². The van der Waals surface area contributed by atoms with Crippen molar-refractivity contribution in [2.75, 3.05) is 0 Å². The van der Waals surface area contributed by atoms with E-state index in [0.29, 0.717) is 42.9 Å². The predicted octanol–water partition coefficient (Wildman–Crippen LogP) is 5.90. The number of halogens is 5. The molecule has 0 bridgehead atoms. The molecule has 7 nitrogen and oxygen atoms in total. The summed E-state index contributed by atoms with van der Waals surface area (Å²) in [7, 11) is 0. The Morgan fingerprint density at radius 2 is 1.76 bits per heavy atom. The molecular formula is C26H22Cl2F3N5O2. The molecule has 3 aromatic heterocycles. The van der Waals surface area contributed by atoms with E-state index in [1.807, 2.05) is 24.3 Å². The van der Waals surface area contributed by atoms with Gasteiger partial charge in [0.25, 0.3) is 5.91 Å². The third-order valence-corrected chi connectivity index (χ3v) is 7.32. The molecule has 0 unspecified atom stereocenters. The fourth-order valence-corrected chi connectivity index (χ4v) is 5.38. The largest absolute Gasteiger partial charge is 0.434 e. The fourth-order valence-electron chi connectivity index (χ4n) is 5.02. The van der Waals surface area contributed by atoms with Gasteiger partial charge < -0.3 is 5.32 Å². The van der Waals surface area contributed by atoms with Crippen LogP contribution in [0.4, 0.5) is 13.2 Å². The number of hydrogen-bond acceptors (Lipinski definition) is 4. The molecule has 1 aliphatic carbocycles. The molecular weight excluding hydrogens is 542 g/mol. The number of alkyl halides is 3. The van der Waals surface area contributed by atoms with Crippen molar-refractivity contribution < 1.29 is 18.0 Å². The normalized spacial score (nSPS) is 18.0. The smallest absolute Gasteiger partial charge is 0.349 e. The quantitative estimate of drug-likeness (QED) is 0.328. The van der Waals surface area contributed by atoms with Gasteiger partial charge in [-0.2, -0.15) is 13.2 Å². The summed E-state index contributed by atoms with van der Waals surface area (Å²) in [5.41, 5.74) is -0.0415. The molecule has 3 heterocycles. The average Bonchev–Trinajstić information content (AvgIpc) is 3.15. The van der Waals surface area contributed by atoms with Gasteiger partial charge in [0, 0.05) is 31.2 Å². The highest BCUT2D eigenvalue weighted by atomic mass is 35.5. The van der Waals surface area contributed by atoms with Gasteiger partial charge in [0.1, 0.15) is 0 Å². The maximum atomic E-state index is 13.5. The number of rotatable bonds is 5. The van der Waals surface area contributed by atoms with Gasteiger partial charge in [-0.25, -0.2) is 9.78 Å². The van der Waals surface area contributed by atoms with E-state index in [2.05, 4.69) is 15.3 Å². The van der Waals surface area contributed by atoms with Crippen LogP contribution >= 0.6 is 23.2 Å². The van der Waals surface area contributed by atoms with Crippen LogP contribution in [0.15, 0.2) is 59.8 Å². The number of imidazole rings is 1. The minimum atomic E-state index is -4.78. The predicted molar refractivity (Wildman–Crippen MR) is 138 cm³/mol. The number of fused-ring (bicyclic) bond motifs is 1. The molecule has 1 N–H and O–H groups in total. The number of para-hydroxylation sites is 2. The SMILES string of the molecule is O=C(NC1CCC(Cn2c(=O)n(-c3ccncc3Cl)c3ccccc32)CC1)c1cc(Cl)cnc1C(F)(F)F. The van der Waals surface area contributed by atoms with Crippen molar-refractivity contribution in [2.24, 2.45) is 5.92 Å². The third-order valence-electron chi connectivity index (χ3n) is 6.82. The van der Waals surface area contributed by atoms with E-state index < -0.39 is 23.3 Å². The summed E-state index contributed by atoms with van der Waals surface area (Å²) in [5.74, 6) is -0.712. The van der Waals surface area contributed by atoms with Gasteiger partial charge >= 0.3 is 11.9 Å². The molecule has 198 valence electrons. The fraction of sp³-hybridized carbons (Fsp3) is 0.308. The molecule has 12 heteroatoms. The highest BCUT2D eigenvalue weighted by Gasteiger charge is 2.38. The van der Waals surface area contributed by atoms with E-state index in [4.69, 9.17) is 23.2 Å². The summed E-state index contributed by atoms with van der Waals surface area (Å²) in [6, 6.07) is 9.83. The van der Waals surface area contributed by atoms with Gasteiger partial charge in [-0.1, -0.05) is 35.3 Å². The minimum Gasteiger partial charge on any atom is -0.349 e. The van der Waals surface area contributed by atoms with Gasteiger partial charge in [-0.3, -0.25) is 18.9 Å². The number of carbonyl (C=O) groups is 1. The molecule has 0 aliphatic heterocycles. The number of pyridine rings is 2. The second-order valence-corrected chi connectivity index (χ2v) is 10.1. The first-order valence-corrected chi connectivity index (χ1v) is 12.7. The summed E-state index contributed by atoms with van der Waals surface area (Å²) >= 11 is 12.1. The topological polar surface area (TPSA) is 81.8 Å². The van der Waals surface area contributed by atoms with Gasteiger partial charge in [0.2, 0.25) is 0 Å². The van der Waals surface area contributed by atoms with Crippen LogP contribution in [0.25, 0.3) is 16.7 Å². The maximum Gasteiger partial charge on any atom is 0.434 e. The van der Waals surface area contributed by atoms with Crippen molar-refractivity contribution in [1.82, 2.24) is 24.4 Å². The first-order chi connectivity index (χ1) is 18.1. The first-order valence-electron chi connectivity index (χ1n) is 12.0. The Bertz CT molecular complexity index is 1560. The summed E-state index contributed by atoms with van der Waals surface area (Å²) < 4.78 is 43.3. The lowest BCUT2D eigenvalue weighted by atomic mass is 9.85. The summed E-state index contributed by atoms with van der Waals surface area (Å²) in [5, 5.41) is 3.01. The van der Waals surface area contributed by atoms with Gasteiger partial charge in [0.15, 0.2) is 5.69 Å². The van der Waals surface area contributed by atoms with Crippen molar-refractivity contribution in [3.8, 4) is 5.69 Å². The Morgan fingerprint density at radius 1 is 1.05 bits per heavy atom. The molecule has 4 aromatic rings. The lowest BCUT2D eigenvalue weighted by Crippen LogP contribution is -2.39. The van der Waals surface area contributed by atoms with Crippen LogP contribution < -0.4 is 11.0 Å². The van der Waals surface area contributed by atoms with Crippen LogP contribution in [-0.2, 0) is 12.7 Å². The molecule has 1 aliphatic rings. The zero-order chi connectivity index (χ0) is 27.0. The van der Waals surface area contributed by atoms with Gasteiger partial charge in [-0.05, 0) is 55.9 Å². The van der Waals surface area contributed by atoms with Crippen molar-refractivity contribution in [3.05, 3.63) is 86.8 Å². The van der Waals surface area contributed by atoms with Gasteiger partial charge in [0.05, 0.1) is 32.3 Å². The van der Waals surface area contributed by atoms with E-state index in [0.717, 1.165) is 23.3 Å². The second-order valence-electron chi connectivity index (χ2n) is 9.28. The molecule has 0 spiro atoms. The Labute approximate surface area is 225 Å². The highest BCUT2D eigenvalue weighted by Crippen LogP contribution is 2.32. The minimum absolute atomic E-state index is 0.0514. The van der Waals surface area contributed by atoms with E-state index in [-0.39, 0.29) is 22.7 Å². The highest BCUT2D eigenvalue weighted by molar-refractivity contribution is 6.32. The zero-order valence-electron chi connectivity index (χ0n) is 19.9. The Hall–Kier alpha value is -3.37. The number of nitrogens with zero attached hydrogens (tertiary/aromatic N) is 4. The van der Waals surface area contributed by atoms with Crippen LogP contribution in [-0.4, -0.2) is 31.1 Å². The van der Waals surface area contributed by atoms with E-state index in [1.165, 1.54) is 6.20 Å². The zero-order valence-corrected chi connectivity index (χ0v) is 21.4. The van der Waals surface area contributed by atoms with Crippen LogP contribution in [0.3, 0.4) is 0 Å². The number of hydrogen-bond donors (Lipinski definition) is 1. The summed E-state index contributed by atoms with van der Waals surface area (Å²) in [6.45, 7) is 0.464. The Balaban J connectivity index is 1.31. The van der Waals surface area contributed by atoms with Crippen LogP contribution in [0.2, 0.25) is 10.0 Å². The van der Waals surface area contributed by atoms with Crippen molar-refractivity contribution in [3.63, 3.8) is 0 Å². The lowest BCUT2D eigenvalue weighted by molar-refractivity contribution is -0.141. The average molecular weight is 564 g/mol. The molecule has 1 aromatic carbocycles. The number of carbonyl (C=O) groups excluding carboxylic acids is 1. The van der Waals surface area contributed by atoms with E-state index >= 15 is 0 Å². The molecule has 0 saturated heterocycles. The summed E-state index contributed by atoms with van der Waals surface area (Å²) in [6.07, 6.45) is 1.66. The number of nitrogens with one attached hydrogen (secondary N) is 1. The molecule has 0 radical (unpaired) electrons. The molecule has 0 atom stereocenters. The molecule has 1 fully saturated rings. The monoisotopic (exact) mass is 563 g/mol. The van der Waals surface area contributed by atoms with Crippen molar-refractivity contribution in [1.29, 1.82) is 0 Å². The van der Waals surface area contributed by atoms with Crippen LogP contribution in [0, 0.1) is 5.92 Å². The number of benzene rings is 1. The second kappa shape index (κ2) is 10.4. The Kier molecular flexibility index (Phi) is 7.19. The van der Waals surface area contributed by atoms with Crippen LogP contribution in [0.1, 0.15) is 41.7 Å². The molecule has 1 saturated carbocycles. The number of aromatic nitrogens is 4. The molecule has 1 amide bonds. The molecule has 5 rings (SSSR count). The van der Waals surface area contributed by atoms with E-state index in [1.54, 1.807) is 21.4 Å². The third kappa shape index (κ3) is 5.15. The van der Waals surface area contributed by atoms with Crippen molar-refractivity contribution >= 4 is 40.1 Å². The number of amides is 1. The molecule has 38 heavy (non-hydrogen) atoms. The standard InChI is InChI=1S/C26H22Cl2F3N5O2/c27-16-11-18(23(33-12-16)26(29,30)31)24(37)34-17-7-5-15(6-8-17)14-35-21-3-1-2-4-22(21)36(25(35)38)20-9-10-32-13-19(20)28/h1-4,9-13,15,17H,5-8,14H2,(H,34,37).